The Morgan fingerprint density at radius 2 is 1.95 bits per heavy atom. The summed E-state index contributed by atoms with van der Waals surface area (Å²) in [5.41, 5.74) is 0. The third kappa shape index (κ3) is 3.01. The van der Waals surface area contributed by atoms with Crippen LogP contribution in [0, 0.1) is 11.8 Å². The van der Waals surface area contributed by atoms with E-state index in [0.717, 1.165) is 31.8 Å². The van der Waals surface area contributed by atoms with Crippen molar-refractivity contribution in [3.63, 3.8) is 0 Å². The molecule has 0 N–H and O–H groups in total. The average molecular weight is 284 g/mol. The minimum Gasteiger partial charge on any atom is -0.468 e. The van der Waals surface area contributed by atoms with Crippen molar-refractivity contribution in [3.05, 3.63) is 24.2 Å². The van der Waals surface area contributed by atoms with Crippen molar-refractivity contribution >= 4 is 10.0 Å². The van der Waals surface area contributed by atoms with Crippen molar-refractivity contribution in [3.8, 4) is 0 Å². The molecule has 2 unspecified atom stereocenters. The van der Waals surface area contributed by atoms with Gasteiger partial charge in [0.15, 0.2) is 0 Å². The van der Waals surface area contributed by atoms with E-state index in [-0.39, 0.29) is 0 Å². The monoisotopic (exact) mass is 284 g/mol. The van der Waals surface area contributed by atoms with E-state index in [1.165, 1.54) is 6.26 Å². The molecule has 2 saturated heterocycles. The number of furan rings is 1. The molecular formula is C13H20N2O3S. The predicted molar refractivity (Wildman–Crippen MR) is 72.0 cm³/mol. The Labute approximate surface area is 114 Å². The predicted octanol–water partition coefficient (Wildman–Crippen LogP) is 0.993. The second-order valence-electron chi connectivity index (χ2n) is 5.82. The van der Waals surface area contributed by atoms with E-state index in [2.05, 4.69) is 4.90 Å². The molecule has 2 atom stereocenters. The standard InChI is InChI=1S/C13H20N2O3S/c1-19(16,17)15-8-11-5-12(9-15)7-14(6-11)10-13-3-2-4-18-13/h2-4,11-12H,5-10H2,1H3. The number of piperidine rings is 2. The van der Waals surface area contributed by atoms with Gasteiger partial charge < -0.3 is 4.42 Å². The van der Waals surface area contributed by atoms with Crippen LogP contribution < -0.4 is 0 Å². The first kappa shape index (κ1) is 13.1. The largest absolute Gasteiger partial charge is 0.468 e. The molecule has 19 heavy (non-hydrogen) atoms. The zero-order valence-corrected chi connectivity index (χ0v) is 12.0. The smallest absolute Gasteiger partial charge is 0.211 e. The first-order valence-corrected chi connectivity index (χ1v) is 8.55. The lowest BCUT2D eigenvalue weighted by Gasteiger charge is -2.44. The Balaban J connectivity index is 1.65. The summed E-state index contributed by atoms with van der Waals surface area (Å²) in [6, 6.07) is 3.90. The Morgan fingerprint density at radius 1 is 1.26 bits per heavy atom. The van der Waals surface area contributed by atoms with Gasteiger partial charge in [-0.3, -0.25) is 4.90 Å². The van der Waals surface area contributed by atoms with Gasteiger partial charge in [0, 0.05) is 26.2 Å². The highest BCUT2D eigenvalue weighted by atomic mass is 32.2. The maximum absolute atomic E-state index is 11.7. The number of hydrogen-bond acceptors (Lipinski definition) is 4. The summed E-state index contributed by atoms with van der Waals surface area (Å²) in [7, 11) is -3.04. The summed E-state index contributed by atoms with van der Waals surface area (Å²) in [5.74, 6) is 1.90. The molecule has 5 nitrogen and oxygen atoms in total. The fourth-order valence-electron chi connectivity index (χ4n) is 3.36. The number of sulfonamides is 1. The van der Waals surface area contributed by atoms with Crippen LogP contribution in [-0.2, 0) is 16.6 Å². The van der Waals surface area contributed by atoms with Crippen LogP contribution in [0.1, 0.15) is 12.2 Å². The minimum atomic E-state index is -3.04. The fourth-order valence-corrected chi connectivity index (χ4v) is 4.33. The minimum absolute atomic E-state index is 0.456. The highest BCUT2D eigenvalue weighted by molar-refractivity contribution is 7.88. The van der Waals surface area contributed by atoms with Crippen molar-refractivity contribution in [2.75, 3.05) is 32.4 Å². The molecule has 2 aliphatic heterocycles. The molecule has 2 aliphatic rings. The molecule has 0 aliphatic carbocycles. The fraction of sp³-hybridized carbons (Fsp3) is 0.692. The normalized spacial score (nSPS) is 29.5. The van der Waals surface area contributed by atoms with Gasteiger partial charge in [-0.15, -0.1) is 0 Å². The molecule has 2 fully saturated rings. The molecule has 3 rings (SSSR count). The quantitative estimate of drug-likeness (QED) is 0.831. The van der Waals surface area contributed by atoms with Crippen LogP contribution in [0.15, 0.2) is 22.8 Å². The first-order valence-electron chi connectivity index (χ1n) is 6.70. The van der Waals surface area contributed by atoms with E-state index in [0.29, 0.717) is 24.9 Å². The third-order valence-electron chi connectivity index (χ3n) is 4.05. The van der Waals surface area contributed by atoms with Crippen molar-refractivity contribution in [2.45, 2.75) is 13.0 Å². The Morgan fingerprint density at radius 3 is 2.47 bits per heavy atom. The van der Waals surface area contributed by atoms with Crippen molar-refractivity contribution in [1.82, 2.24) is 9.21 Å². The molecule has 2 bridgehead atoms. The number of likely N-dealkylation sites (tertiary alicyclic amines) is 1. The van der Waals surface area contributed by atoms with Crippen LogP contribution in [0.5, 0.6) is 0 Å². The topological polar surface area (TPSA) is 53.8 Å². The zero-order valence-electron chi connectivity index (χ0n) is 11.2. The van der Waals surface area contributed by atoms with Crippen molar-refractivity contribution < 1.29 is 12.8 Å². The lowest BCUT2D eigenvalue weighted by Crippen LogP contribution is -2.53. The van der Waals surface area contributed by atoms with E-state index in [4.69, 9.17) is 4.42 Å². The maximum Gasteiger partial charge on any atom is 0.211 e. The molecule has 0 saturated carbocycles. The summed E-state index contributed by atoms with van der Waals surface area (Å²) < 4.78 is 30.3. The van der Waals surface area contributed by atoms with Gasteiger partial charge in [-0.1, -0.05) is 0 Å². The number of nitrogens with zero attached hydrogens (tertiary/aromatic N) is 2. The Hall–Kier alpha value is -0.850. The summed E-state index contributed by atoms with van der Waals surface area (Å²) in [6.07, 6.45) is 4.17. The van der Waals surface area contributed by atoms with Crippen LogP contribution in [0.3, 0.4) is 0 Å². The summed E-state index contributed by atoms with van der Waals surface area (Å²) in [6.45, 7) is 4.10. The van der Waals surface area contributed by atoms with Crippen LogP contribution in [0.25, 0.3) is 0 Å². The molecular weight excluding hydrogens is 264 g/mol. The number of rotatable bonds is 3. The number of fused-ring (bicyclic) bond motifs is 2. The SMILES string of the molecule is CS(=O)(=O)N1CC2CC(CN(Cc3ccco3)C2)C1. The highest BCUT2D eigenvalue weighted by Gasteiger charge is 2.37. The molecule has 1 aromatic rings. The van der Waals surface area contributed by atoms with Crippen LogP contribution in [0.2, 0.25) is 0 Å². The van der Waals surface area contributed by atoms with Crippen LogP contribution >= 0.6 is 0 Å². The maximum atomic E-state index is 11.7. The summed E-state index contributed by atoms with van der Waals surface area (Å²) >= 11 is 0. The zero-order chi connectivity index (χ0) is 13.5. The van der Waals surface area contributed by atoms with Gasteiger partial charge in [-0.2, -0.15) is 0 Å². The average Bonchev–Trinajstić information content (AvgIpc) is 2.79. The van der Waals surface area contributed by atoms with E-state index in [9.17, 15) is 8.42 Å². The van der Waals surface area contributed by atoms with Gasteiger partial charge in [0.1, 0.15) is 5.76 Å². The molecule has 6 heteroatoms. The van der Waals surface area contributed by atoms with Gasteiger partial charge in [-0.25, -0.2) is 12.7 Å². The van der Waals surface area contributed by atoms with Crippen molar-refractivity contribution in [2.24, 2.45) is 11.8 Å². The first-order chi connectivity index (χ1) is 9.00. The summed E-state index contributed by atoms with van der Waals surface area (Å²) in [5, 5.41) is 0. The second kappa shape index (κ2) is 4.92. The van der Waals surface area contributed by atoms with Gasteiger partial charge in [-0.05, 0) is 30.4 Å². The van der Waals surface area contributed by atoms with Crippen LogP contribution in [-0.4, -0.2) is 50.1 Å². The highest BCUT2D eigenvalue weighted by Crippen LogP contribution is 2.30. The van der Waals surface area contributed by atoms with Crippen molar-refractivity contribution in [1.29, 1.82) is 0 Å². The molecule has 106 valence electrons. The Bertz CT molecular complexity index is 512. The molecule has 1 aromatic heterocycles. The van der Waals surface area contributed by atoms with Gasteiger partial charge in [0.25, 0.3) is 0 Å². The van der Waals surface area contributed by atoms with Gasteiger partial charge in [0.2, 0.25) is 10.0 Å². The van der Waals surface area contributed by atoms with E-state index in [1.54, 1.807) is 10.6 Å². The van der Waals surface area contributed by atoms with Gasteiger partial charge in [0.05, 0.1) is 19.1 Å². The lowest BCUT2D eigenvalue weighted by atomic mass is 9.86. The molecule has 0 radical (unpaired) electrons. The van der Waals surface area contributed by atoms with Crippen LogP contribution in [0.4, 0.5) is 0 Å². The molecule has 0 spiro atoms. The van der Waals surface area contributed by atoms with E-state index in [1.807, 2.05) is 12.1 Å². The van der Waals surface area contributed by atoms with E-state index < -0.39 is 10.0 Å². The van der Waals surface area contributed by atoms with Gasteiger partial charge >= 0.3 is 0 Å². The van der Waals surface area contributed by atoms with E-state index >= 15 is 0 Å². The third-order valence-corrected chi connectivity index (χ3v) is 5.29. The molecule has 0 aromatic carbocycles. The lowest BCUT2D eigenvalue weighted by molar-refractivity contribution is 0.0564. The Kier molecular flexibility index (Phi) is 3.41. The number of hydrogen-bond donors (Lipinski definition) is 0. The molecule has 3 heterocycles. The summed E-state index contributed by atoms with van der Waals surface area (Å²) in [4.78, 5) is 2.39. The molecule has 0 amide bonds. The second-order valence-corrected chi connectivity index (χ2v) is 7.80.